The molecule has 0 aromatic heterocycles. The van der Waals surface area contributed by atoms with E-state index in [0.29, 0.717) is 42.3 Å². The Morgan fingerprint density at radius 1 is 1.21 bits per heavy atom. The van der Waals surface area contributed by atoms with Crippen LogP contribution < -0.4 is 4.74 Å². The lowest BCUT2D eigenvalue weighted by Crippen LogP contribution is -2.42. The molecule has 0 amide bonds. The Morgan fingerprint density at radius 2 is 1.88 bits per heavy atom. The van der Waals surface area contributed by atoms with Crippen LogP contribution in [0.2, 0.25) is 5.02 Å². The van der Waals surface area contributed by atoms with Gasteiger partial charge >= 0.3 is 0 Å². The molecule has 6 heteroatoms. The second kappa shape index (κ2) is 8.54. The number of benzene rings is 1. The highest BCUT2D eigenvalue weighted by molar-refractivity contribution is 7.89. The van der Waals surface area contributed by atoms with E-state index in [0.717, 1.165) is 25.7 Å². The van der Waals surface area contributed by atoms with Gasteiger partial charge in [0.1, 0.15) is 5.75 Å². The van der Waals surface area contributed by atoms with E-state index in [1.54, 1.807) is 22.5 Å². The molecule has 136 valence electrons. The van der Waals surface area contributed by atoms with E-state index < -0.39 is 10.0 Å². The first-order chi connectivity index (χ1) is 11.3. The van der Waals surface area contributed by atoms with Gasteiger partial charge in [-0.15, -0.1) is 0 Å². The van der Waals surface area contributed by atoms with Crippen molar-refractivity contribution < 1.29 is 13.2 Å². The van der Waals surface area contributed by atoms with Crippen LogP contribution in [0.3, 0.4) is 0 Å². The molecule has 1 aromatic carbocycles. The van der Waals surface area contributed by atoms with Gasteiger partial charge < -0.3 is 4.74 Å². The zero-order valence-corrected chi connectivity index (χ0v) is 16.4. The molecule has 1 aromatic rings. The highest BCUT2D eigenvalue weighted by atomic mass is 35.5. The maximum absolute atomic E-state index is 12.9. The van der Waals surface area contributed by atoms with Gasteiger partial charge in [-0.1, -0.05) is 45.2 Å². The Balaban J connectivity index is 2.17. The van der Waals surface area contributed by atoms with Crippen molar-refractivity contribution in [3.8, 4) is 5.75 Å². The fraction of sp³-hybridized carbons (Fsp3) is 0.667. The molecule has 24 heavy (non-hydrogen) atoms. The lowest BCUT2D eigenvalue weighted by atomic mass is 9.94. The molecule has 1 saturated heterocycles. The fourth-order valence-electron chi connectivity index (χ4n) is 3.24. The molecule has 2 atom stereocenters. The quantitative estimate of drug-likeness (QED) is 0.657. The minimum absolute atomic E-state index is 0.263. The number of hydrogen-bond donors (Lipinski definition) is 0. The smallest absolute Gasteiger partial charge is 0.243 e. The summed E-state index contributed by atoms with van der Waals surface area (Å²) in [6, 6.07) is 4.74. The molecular weight excluding hydrogens is 346 g/mol. The van der Waals surface area contributed by atoms with Crippen LogP contribution in [0, 0.1) is 11.8 Å². The summed E-state index contributed by atoms with van der Waals surface area (Å²) in [5, 5.41) is 0.450. The van der Waals surface area contributed by atoms with E-state index in [4.69, 9.17) is 16.3 Å². The molecule has 0 saturated carbocycles. The van der Waals surface area contributed by atoms with Crippen molar-refractivity contribution in [1.29, 1.82) is 0 Å². The predicted molar refractivity (Wildman–Crippen MR) is 98.2 cm³/mol. The molecule has 0 unspecified atom stereocenters. The SMILES string of the molecule is CCCCCOc1cc(S(=O)(=O)N2C[C@@H](C)C[C@H](C)C2)ccc1Cl. The van der Waals surface area contributed by atoms with Crippen molar-refractivity contribution in [2.45, 2.75) is 51.3 Å². The Bertz CT molecular complexity index is 638. The van der Waals surface area contributed by atoms with Gasteiger partial charge in [0.2, 0.25) is 10.0 Å². The third kappa shape index (κ3) is 4.87. The van der Waals surface area contributed by atoms with E-state index in [9.17, 15) is 8.42 Å². The fourth-order valence-corrected chi connectivity index (χ4v) is 5.11. The molecule has 1 aliphatic rings. The number of halogens is 1. The number of hydrogen-bond acceptors (Lipinski definition) is 3. The van der Waals surface area contributed by atoms with Gasteiger partial charge in [-0.2, -0.15) is 4.31 Å². The molecule has 2 rings (SSSR count). The number of sulfonamides is 1. The van der Waals surface area contributed by atoms with Crippen LogP contribution in [0.15, 0.2) is 23.1 Å². The summed E-state index contributed by atoms with van der Waals surface area (Å²) in [4.78, 5) is 0.263. The normalized spacial score (nSPS) is 22.5. The number of unbranched alkanes of at least 4 members (excludes halogenated alkanes) is 2. The van der Waals surface area contributed by atoms with Crippen LogP contribution in [0.25, 0.3) is 0 Å². The second-order valence-corrected chi connectivity index (χ2v) is 9.26. The number of rotatable bonds is 7. The Hall–Kier alpha value is -0.780. The number of nitrogens with zero attached hydrogens (tertiary/aromatic N) is 1. The highest BCUT2D eigenvalue weighted by Crippen LogP contribution is 2.31. The molecule has 0 radical (unpaired) electrons. The van der Waals surface area contributed by atoms with Gasteiger partial charge in [0.05, 0.1) is 16.5 Å². The van der Waals surface area contributed by atoms with Crippen LogP contribution in [0.4, 0.5) is 0 Å². The van der Waals surface area contributed by atoms with Crippen LogP contribution >= 0.6 is 11.6 Å². The first-order valence-electron chi connectivity index (χ1n) is 8.77. The predicted octanol–water partition coefficient (Wildman–Crippen LogP) is 4.58. The largest absolute Gasteiger partial charge is 0.492 e. The maximum atomic E-state index is 12.9. The number of piperidine rings is 1. The Kier molecular flexibility index (Phi) is 6.96. The van der Waals surface area contributed by atoms with Gasteiger partial charge in [0, 0.05) is 19.2 Å². The van der Waals surface area contributed by atoms with Crippen molar-refractivity contribution in [2.75, 3.05) is 19.7 Å². The second-order valence-electron chi connectivity index (χ2n) is 6.92. The average molecular weight is 374 g/mol. The summed E-state index contributed by atoms with van der Waals surface area (Å²) in [5.74, 6) is 1.20. The average Bonchev–Trinajstić information content (AvgIpc) is 2.52. The summed E-state index contributed by atoms with van der Waals surface area (Å²) in [6.45, 7) is 8.02. The van der Waals surface area contributed by atoms with Gasteiger partial charge in [-0.05, 0) is 36.8 Å². The van der Waals surface area contributed by atoms with Crippen molar-refractivity contribution in [3.05, 3.63) is 23.2 Å². The maximum Gasteiger partial charge on any atom is 0.243 e. The molecular formula is C18H28ClNO3S. The minimum Gasteiger partial charge on any atom is -0.492 e. The Labute approximate surface area is 151 Å². The van der Waals surface area contributed by atoms with Crippen LogP contribution in [0.5, 0.6) is 5.75 Å². The van der Waals surface area contributed by atoms with E-state index >= 15 is 0 Å². The van der Waals surface area contributed by atoms with E-state index in [-0.39, 0.29) is 4.90 Å². The van der Waals surface area contributed by atoms with Gasteiger partial charge in [0.25, 0.3) is 0 Å². The lowest BCUT2D eigenvalue weighted by Gasteiger charge is -2.34. The van der Waals surface area contributed by atoms with Crippen LogP contribution in [-0.4, -0.2) is 32.4 Å². The summed E-state index contributed by atoms with van der Waals surface area (Å²) in [5.41, 5.74) is 0. The first-order valence-corrected chi connectivity index (χ1v) is 10.6. The first kappa shape index (κ1) is 19.5. The molecule has 1 fully saturated rings. The van der Waals surface area contributed by atoms with E-state index in [2.05, 4.69) is 20.8 Å². The molecule has 0 aliphatic carbocycles. The van der Waals surface area contributed by atoms with E-state index in [1.165, 1.54) is 0 Å². The summed E-state index contributed by atoms with van der Waals surface area (Å²) in [7, 11) is -3.51. The molecule has 4 nitrogen and oxygen atoms in total. The van der Waals surface area contributed by atoms with Crippen LogP contribution in [0.1, 0.15) is 46.5 Å². The minimum atomic E-state index is -3.51. The third-order valence-electron chi connectivity index (χ3n) is 4.38. The molecule has 0 N–H and O–H groups in total. The molecule has 1 aliphatic heterocycles. The van der Waals surface area contributed by atoms with Crippen molar-refractivity contribution in [2.24, 2.45) is 11.8 Å². The monoisotopic (exact) mass is 373 g/mol. The number of ether oxygens (including phenoxy) is 1. The Morgan fingerprint density at radius 3 is 2.50 bits per heavy atom. The zero-order valence-electron chi connectivity index (χ0n) is 14.8. The zero-order chi connectivity index (χ0) is 17.7. The van der Waals surface area contributed by atoms with Crippen LogP contribution in [-0.2, 0) is 10.0 Å². The third-order valence-corrected chi connectivity index (χ3v) is 6.52. The van der Waals surface area contributed by atoms with Gasteiger partial charge in [0.15, 0.2) is 0 Å². The van der Waals surface area contributed by atoms with Gasteiger partial charge in [-0.25, -0.2) is 8.42 Å². The van der Waals surface area contributed by atoms with Crippen molar-refractivity contribution >= 4 is 21.6 Å². The van der Waals surface area contributed by atoms with Gasteiger partial charge in [-0.3, -0.25) is 0 Å². The summed E-state index contributed by atoms with van der Waals surface area (Å²) in [6.07, 6.45) is 4.19. The van der Waals surface area contributed by atoms with Crippen molar-refractivity contribution in [3.63, 3.8) is 0 Å². The molecule has 1 heterocycles. The topological polar surface area (TPSA) is 46.6 Å². The summed E-state index contributed by atoms with van der Waals surface area (Å²) >= 11 is 6.16. The molecule has 0 bridgehead atoms. The lowest BCUT2D eigenvalue weighted by molar-refractivity contribution is 0.222. The molecule has 0 spiro atoms. The standard InChI is InChI=1S/C18H28ClNO3S/c1-4-5-6-9-23-18-11-16(7-8-17(18)19)24(21,22)20-12-14(2)10-15(3)13-20/h7-8,11,14-15H,4-6,9-10,12-13H2,1-3H3/t14-,15-/m0/s1. The highest BCUT2D eigenvalue weighted by Gasteiger charge is 2.32. The summed E-state index contributed by atoms with van der Waals surface area (Å²) < 4.78 is 33.2. The van der Waals surface area contributed by atoms with E-state index in [1.807, 2.05) is 0 Å². The van der Waals surface area contributed by atoms with Crippen molar-refractivity contribution in [1.82, 2.24) is 4.31 Å².